The fraction of sp³-hybridized carbons (Fsp3) is 0. The van der Waals surface area contributed by atoms with Gasteiger partial charge in [-0.25, -0.2) is 4.39 Å². The average molecular weight is 320 g/mol. The Kier molecular flexibility index (Phi) is 3.08. The number of benzene rings is 1. The Balaban J connectivity index is 2.02. The lowest BCUT2D eigenvalue weighted by Gasteiger charge is -1.96. The first-order valence-electron chi connectivity index (χ1n) is 5.44. The van der Waals surface area contributed by atoms with Crippen LogP contribution in [0.5, 0.6) is 0 Å². The second kappa shape index (κ2) is 4.89. The third-order valence-electron chi connectivity index (χ3n) is 2.43. The molecule has 0 unspecified atom stereocenters. The van der Waals surface area contributed by atoms with Gasteiger partial charge in [0.25, 0.3) is 5.89 Å². The van der Waals surface area contributed by atoms with Gasteiger partial charge in [-0.1, -0.05) is 27.2 Å². The largest absolute Gasteiger partial charge is 0.334 e. The standard InChI is InChI=1S/C13H7BrFN3O/c14-9-5-8(6-10(15)7-9)13-17-12(18-19-13)11-3-1-2-4-16-11/h1-7H. The summed E-state index contributed by atoms with van der Waals surface area (Å²) in [6, 6.07) is 9.81. The van der Waals surface area contributed by atoms with Crippen LogP contribution in [0.2, 0.25) is 0 Å². The van der Waals surface area contributed by atoms with Crippen LogP contribution in [0.25, 0.3) is 23.0 Å². The van der Waals surface area contributed by atoms with Crippen LogP contribution in [-0.4, -0.2) is 15.1 Å². The zero-order valence-electron chi connectivity index (χ0n) is 9.55. The van der Waals surface area contributed by atoms with E-state index in [9.17, 15) is 4.39 Å². The van der Waals surface area contributed by atoms with Crippen molar-refractivity contribution in [1.29, 1.82) is 0 Å². The van der Waals surface area contributed by atoms with Crippen LogP contribution >= 0.6 is 15.9 Å². The van der Waals surface area contributed by atoms with Crippen molar-refractivity contribution in [3.63, 3.8) is 0 Å². The second-order valence-electron chi connectivity index (χ2n) is 3.80. The van der Waals surface area contributed by atoms with Crippen molar-refractivity contribution in [3.8, 4) is 23.0 Å². The Bertz CT molecular complexity index is 695. The molecular weight excluding hydrogens is 313 g/mol. The van der Waals surface area contributed by atoms with Crippen molar-refractivity contribution in [1.82, 2.24) is 15.1 Å². The van der Waals surface area contributed by atoms with Gasteiger partial charge in [0, 0.05) is 16.2 Å². The van der Waals surface area contributed by atoms with Gasteiger partial charge in [0.2, 0.25) is 5.82 Å². The summed E-state index contributed by atoms with van der Waals surface area (Å²) in [7, 11) is 0. The van der Waals surface area contributed by atoms with E-state index < -0.39 is 0 Å². The van der Waals surface area contributed by atoms with Crippen LogP contribution in [0.1, 0.15) is 0 Å². The number of nitrogens with zero attached hydrogens (tertiary/aromatic N) is 3. The average Bonchev–Trinajstić information content (AvgIpc) is 2.88. The molecule has 3 aromatic rings. The van der Waals surface area contributed by atoms with Crippen molar-refractivity contribution in [3.05, 3.63) is 52.9 Å². The molecule has 0 aliphatic rings. The number of aromatic nitrogens is 3. The molecule has 3 rings (SSSR count). The molecule has 0 bridgehead atoms. The number of hydrogen-bond donors (Lipinski definition) is 0. The smallest absolute Gasteiger partial charge is 0.258 e. The zero-order valence-corrected chi connectivity index (χ0v) is 11.1. The molecule has 0 fully saturated rings. The minimum Gasteiger partial charge on any atom is -0.334 e. The Morgan fingerprint density at radius 1 is 1.16 bits per heavy atom. The molecule has 2 heterocycles. The van der Waals surface area contributed by atoms with Crippen molar-refractivity contribution < 1.29 is 8.91 Å². The van der Waals surface area contributed by atoms with Gasteiger partial charge in [0.1, 0.15) is 11.5 Å². The van der Waals surface area contributed by atoms with Gasteiger partial charge < -0.3 is 4.52 Å². The lowest BCUT2D eigenvalue weighted by Crippen LogP contribution is -1.85. The Morgan fingerprint density at radius 3 is 2.79 bits per heavy atom. The molecule has 19 heavy (non-hydrogen) atoms. The third-order valence-corrected chi connectivity index (χ3v) is 2.89. The van der Waals surface area contributed by atoms with E-state index >= 15 is 0 Å². The van der Waals surface area contributed by atoms with E-state index in [0.29, 0.717) is 21.6 Å². The summed E-state index contributed by atoms with van der Waals surface area (Å²) < 4.78 is 19.0. The topological polar surface area (TPSA) is 51.8 Å². The first-order valence-corrected chi connectivity index (χ1v) is 6.23. The van der Waals surface area contributed by atoms with Gasteiger partial charge in [0.05, 0.1) is 0 Å². The van der Waals surface area contributed by atoms with Crippen LogP contribution in [0.15, 0.2) is 51.6 Å². The highest BCUT2D eigenvalue weighted by Gasteiger charge is 2.12. The molecular formula is C13H7BrFN3O. The maximum atomic E-state index is 13.3. The minimum absolute atomic E-state index is 0.251. The van der Waals surface area contributed by atoms with Crippen molar-refractivity contribution in [2.24, 2.45) is 0 Å². The SMILES string of the molecule is Fc1cc(Br)cc(-c2nc(-c3ccccn3)no2)c1. The van der Waals surface area contributed by atoms with Crippen LogP contribution < -0.4 is 0 Å². The van der Waals surface area contributed by atoms with E-state index in [1.54, 1.807) is 24.4 Å². The molecule has 0 N–H and O–H groups in total. The fourth-order valence-electron chi connectivity index (χ4n) is 1.62. The van der Waals surface area contributed by atoms with Crippen LogP contribution in [0.3, 0.4) is 0 Å². The summed E-state index contributed by atoms with van der Waals surface area (Å²) in [5.41, 5.74) is 1.12. The predicted octanol–water partition coefficient (Wildman–Crippen LogP) is 3.70. The molecule has 0 saturated carbocycles. The number of rotatable bonds is 2. The number of halogens is 2. The lowest BCUT2D eigenvalue weighted by molar-refractivity contribution is 0.432. The molecule has 0 aliphatic heterocycles. The van der Waals surface area contributed by atoms with Gasteiger partial charge in [-0.15, -0.1) is 0 Å². The molecule has 0 radical (unpaired) electrons. The lowest BCUT2D eigenvalue weighted by atomic mass is 10.2. The molecule has 94 valence electrons. The van der Waals surface area contributed by atoms with E-state index in [-0.39, 0.29) is 11.7 Å². The molecule has 1 aromatic carbocycles. The van der Waals surface area contributed by atoms with Gasteiger partial charge in [-0.2, -0.15) is 4.98 Å². The number of hydrogen-bond acceptors (Lipinski definition) is 4. The van der Waals surface area contributed by atoms with Crippen LogP contribution in [0.4, 0.5) is 4.39 Å². The number of pyridine rings is 1. The summed E-state index contributed by atoms with van der Waals surface area (Å²) in [4.78, 5) is 8.33. The van der Waals surface area contributed by atoms with E-state index in [0.717, 1.165) is 0 Å². The molecule has 0 saturated heterocycles. The van der Waals surface area contributed by atoms with Gasteiger partial charge in [-0.05, 0) is 30.3 Å². The second-order valence-corrected chi connectivity index (χ2v) is 4.71. The van der Waals surface area contributed by atoms with E-state index in [1.807, 2.05) is 6.07 Å². The molecule has 6 heteroatoms. The molecule has 4 nitrogen and oxygen atoms in total. The van der Waals surface area contributed by atoms with Crippen molar-refractivity contribution >= 4 is 15.9 Å². The first-order chi connectivity index (χ1) is 9.22. The third kappa shape index (κ3) is 2.53. The molecule has 2 aromatic heterocycles. The molecule has 0 aliphatic carbocycles. The van der Waals surface area contributed by atoms with Crippen molar-refractivity contribution in [2.45, 2.75) is 0 Å². The highest BCUT2D eigenvalue weighted by Crippen LogP contribution is 2.25. The van der Waals surface area contributed by atoms with Gasteiger partial charge in [-0.3, -0.25) is 4.98 Å². The summed E-state index contributed by atoms with van der Waals surface area (Å²) in [5, 5.41) is 3.84. The van der Waals surface area contributed by atoms with Crippen LogP contribution in [0, 0.1) is 5.82 Å². The Labute approximate surface area is 116 Å². The zero-order chi connectivity index (χ0) is 13.2. The van der Waals surface area contributed by atoms with E-state index in [4.69, 9.17) is 4.52 Å². The highest BCUT2D eigenvalue weighted by atomic mass is 79.9. The maximum absolute atomic E-state index is 13.3. The normalized spacial score (nSPS) is 10.6. The summed E-state index contributed by atoms with van der Waals surface area (Å²) in [6.45, 7) is 0. The van der Waals surface area contributed by atoms with E-state index in [1.165, 1.54) is 12.1 Å². The first kappa shape index (κ1) is 12.0. The van der Waals surface area contributed by atoms with Crippen molar-refractivity contribution in [2.75, 3.05) is 0 Å². The summed E-state index contributed by atoms with van der Waals surface area (Å²) >= 11 is 3.22. The van der Waals surface area contributed by atoms with E-state index in [2.05, 4.69) is 31.1 Å². The predicted molar refractivity (Wildman–Crippen MR) is 70.6 cm³/mol. The molecule has 0 atom stereocenters. The quantitative estimate of drug-likeness (QED) is 0.722. The van der Waals surface area contributed by atoms with Gasteiger partial charge >= 0.3 is 0 Å². The summed E-state index contributed by atoms with van der Waals surface area (Å²) in [6.07, 6.45) is 1.64. The molecule has 0 amide bonds. The fourth-order valence-corrected chi connectivity index (χ4v) is 2.08. The minimum atomic E-state index is -0.373. The Hall–Kier alpha value is -2.08. The van der Waals surface area contributed by atoms with Gasteiger partial charge in [0.15, 0.2) is 0 Å². The van der Waals surface area contributed by atoms with Crippen LogP contribution in [-0.2, 0) is 0 Å². The monoisotopic (exact) mass is 319 g/mol. The highest BCUT2D eigenvalue weighted by molar-refractivity contribution is 9.10. The maximum Gasteiger partial charge on any atom is 0.258 e. The Morgan fingerprint density at radius 2 is 2.05 bits per heavy atom. The summed E-state index contributed by atoms with van der Waals surface area (Å²) in [5.74, 6) is 0.249. The molecule has 0 spiro atoms.